The fraction of sp³-hybridized carbons (Fsp3) is 0.812. The molecule has 0 radical (unpaired) electrons. The highest BCUT2D eigenvalue weighted by Crippen LogP contribution is 2.44. The summed E-state index contributed by atoms with van der Waals surface area (Å²) in [5.74, 6) is 3.11. The average Bonchev–Trinajstić information content (AvgIpc) is 3.69. The van der Waals surface area contributed by atoms with Gasteiger partial charge in [-0.2, -0.15) is 0 Å². The summed E-state index contributed by atoms with van der Waals surface area (Å²) in [6.45, 7) is 17.0. The van der Waals surface area contributed by atoms with E-state index in [0.29, 0.717) is 49.0 Å². The van der Waals surface area contributed by atoms with Crippen LogP contribution < -0.4 is 10.6 Å². The van der Waals surface area contributed by atoms with Gasteiger partial charge in [-0.15, -0.1) is 5.25 Å². The summed E-state index contributed by atoms with van der Waals surface area (Å²) in [5, 5.41) is 5.49. The van der Waals surface area contributed by atoms with E-state index < -0.39 is 0 Å². The van der Waals surface area contributed by atoms with Crippen LogP contribution in [0, 0.1) is 36.5 Å². The van der Waals surface area contributed by atoms with Gasteiger partial charge in [0.1, 0.15) is 0 Å². The lowest BCUT2D eigenvalue weighted by atomic mass is 9.62. The number of amides is 1. The minimum atomic E-state index is -0.146. The van der Waals surface area contributed by atoms with Crippen LogP contribution in [0.2, 0.25) is 0 Å². The highest BCUT2D eigenvalue weighted by Gasteiger charge is 2.41. The Bertz CT molecular complexity index is 876. The topological polar surface area (TPSA) is 83.2 Å². The smallest absolute Gasteiger partial charge is 0.325 e. The maximum absolute atomic E-state index is 12.4. The normalized spacial score (nSPS) is 20.0. The predicted octanol–water partition coefficient (Wildman–Crippen LogP) is 7.91. The fourth-order valence-electron chi connectivity index (χ4n) is 6.70. The first kappa shape index (κ1) is 33.8. The lowest BCUT2D eigenvalue weighted by molar-refractivity contribution is -0.147. The zero-order chi connectivity index (χ0) is 29.0. The van der Waals surface area contributed by atoms with Crippen molar-refractivity contribution in [1.82, 2.24) is 15.6 Å². The second kappa shape index (κ2) is 16.8. The third-order valence-corrected chi connectivity index (χ3v) is 10.4. The van der Waals surface area contributed by atoms with Crippen LogP contribution in [0.25, 0.3) is 0 Å². The van der Waals surface area contributed by atoms with Crippen LogP contribution in [-0.4, -0.2) is 16.9 Å². The minimum absolute atomic E-state index is 0.112. The largest absolute Gasteiger partial charge is 0.368 e. The second-order valence-corrected chi connectivity index (χ2v) is 12.9. The van der Waals surface area contributed by atoms with Gasteiger partial charge in [0.05, 0.1) is 6.42 Å². The summed E-state index contributed by atoms with van der Waals surface area (Å²) in [7, 11) is 2.14. The van der Waals surface area contributed by atoms with Gasteiger partial charge in [0.15, 0.2) is 0 Å². The number of hydrogen-bond donors (Lipinski definition) is 3. The molecule has 224 valence electrons. The first-order chi connectivity index (χ1) is 18.6. The van der Waals surface area contributed by atoms with Gasteiger partial charge in [-0.05, 0) is 83.2 Å². The Morgan fingerprint density at radius 3 is 2.10 bits per heavy atom. The molecule has 7 heteroatoms. The van der Waals surface area contributed by atoms with Gasteiger partial charge in [0.2, 0.25) is 5.91 Å². The first-order valence-corrected chi connectivity index (χ1v) is 16.2. The van der Waals surface area contributed by atoms with Gasteiger partial charge < -0.3 is 15.1 Å². The molecule has 2 aliphatic carbocycles. The summed E-state index contributed by atoms with van der Waals surface area (Å²) in [4.78, 5) is 31.5. The summed E-state index contributed by atoms with van der Waals surface area (Å²) in [5.41, 5.74) is 3.89. The molecule has 0 aromatic carbocycles. The maximum Gasteiger partial charge on any atom is 0.325 e. The van der Waals surface area contributed by atoms with Crippen molar-refractivity contribution in [3.05, 3.63) is 23.0 Å². The molecule has 1 heterocycles. The molecule has 0 bridgehead atoms. The standard InChI is InChI=1S/C25H44N2O.C7H14NO2P/c1-8-17(3)19(5)25(7,18(4)9-2)23-15-22(20(6)27-23)16-26-24(28)14-21-12-10-11-13-21;9-7(10-8-11)5-6-3-1-2-4-6/h15,17-19,21,27H,8-14,16H2,1-7H3,(H,26,28);6,8H,1-5,11H2. The molecule has 3 N–H and O–H groups in total. The molecule has 2 saturated carbocycles. The van der Waals surface area contributed by atoms with E-state index in [9.17, 15) is 9.59 Å². The molecule has 0 spiro atoms. The van der Waals surface area contributed by atoms with Crippen molar-refractivity contribution < 1.29 is 14.4 Å². The molecule has 1 aromatic rings. The number of aromatic nitrogens is 1. The Balaban J connectivity index is 0.000000404. The minimum Gasteiger partial charge on any atom is -0.368 e. The number of H-pyrrole nitrogens is 1. The molecule has 5 unspecified atom stereocenters. The van der Waals surface area contributed by atoms with Crippen molar-refractivity contribution in [3.8, 4) is 0 Å². The Kier molecular flexibility index (Phi) is 14.5. The summed E-state index contributed by atoms with van der Waals surface area (Å²) in [6, 6.07) is 2.33. The molecule has 3 rings (SSSR count). The monoisotopic (exact) mass is 563 g/mol. The van der Waals surface area contributed by atoms with Crippen LogP contribution in [0.4, 0.5) is 0 Å². The molecular weight excluding hydrogens is 505 g/mol. The summed E-state index contributed by atoms with van der Waals surface area (Å²) in [6.07, 6.45) is 13.6. The van der Waals surface area contributed by atoms with E-state index in [1.54, 1.807) is 0 Å². The van der Waals surface area contributed by atoms with E-state index in [1.807, 2.05) is 0 Å². The van der Waals surface area contributed by atoms with E-state index in [2.05, 4.69) is 84.3 Å². The molecule has 0 aliphatic heterocycles. The zero-order valence-electron chi connectivity index (χ0n) is 26.0. The first-order valence-electron chi connectivity index (χ1n) is 15.7. The third kappa shape index (κ3) is 9.88. The molecule has 1 aromatic heterocycles. The van der Waals surface area contributed by atoms with Crippen molar-refractivity contribution in [3.63, 3.8) is 0 Å². The Hall–Kier alpha value is -1.39. The number of nitrogens with one attached hydrogen (secondary N) is 3. The van der Waals surface area contributed by atoms with Crippen molar-refractivity contribution in [2.75, 3.05) is 0 Å². The quantitative estimate of drug-likeness (QED) is 0.168. The third-order valence-electron chi connectivity index (χ3n) is 10.3. The number of carbonyl (C=O) groups is 2. The molecule has 5 atom stereocenters. The molecule has 39 heavy (non-hydrogen) atoms. The molecule has 0 saturated heterocycles. The van der Waals surface area contributed by atoms with Gasteiger partial charge in [-0.1, -0.05) is 80.1 Å². The van der Waals surface area contributed by atoms with E-state index in [4.69, 9.17) is 0 Å². The molecule has 2 fully saturated rings. The lowest BCUT2D eigenvalue weighted by Gasteiger charge is -2.43. The van der Waals surface area contributed by atoms with Crippen LogP contribution in [0.5, 0.6) is 0 Å². The molecular formula is C32H58N3O3P. The van der Waals surface area contributed by atoms with Crippen LogP contribution >= 0.6 is 9.39 Å². The molecule has 6 nitrogen and oxygen atoms in total. The van der Waals surface area contributed by atoms with Crippen molar-refractivity contribution >= 4 is 21.3 Å². The van der Waals surface area contributed by atoms with E-state index in [-0.39, 0.29) is 17.3 Å². The summed E-state index contributed by atoms with van der Waals surface area (Å²) < 4.78 is 0. The van der Waals surface area contributed by atoms with Crippen LogP contribution in [0.1, 0.15) is 136 Å². The molecule has 2 aliphatic rings. The van der Waals surface area contributed by atoms with Gasteiger partial charge in [0.25, 0.3) is 0 Å². The highest BCUT2D eigenvalue weighted by atomic mass is 31.0. The lowest BCUT2D eigenvalue weighted by Crippen LogP contribution is -2.40. The van der Waals surface area contributed by atoms with Crippen molar-refractivity contribution in [2.45, 2.75) is 137 Å². The van der Waals surface area contributed by atoms with Gasteiger partial charge >= 0.3 is 5.97 Å². The Morgan fingerprint density at radius 2 is 1.59 bits per heavy atom. The zero-order valence-corrected chi connectivity index (χ0v) is 27.1. The number of carbonyl (C=O) groups excluding carboxylic acids is 2. The molecule has 1 amide bonds. The van der Waals surface area contributed by atoms with E-state index in [1.165, 1.54) is 81.2 Å². The number of aromatic amines is 1. The maximum atomic E-state index is 12.4. The van der Waals surface area contributed by atoms with Crippen LogP contribution in [0.3, 0.4) is 0 Å². The number of rotatable bonds is 13. The van der Waals surface area contributed by atoms with Crippen molar-refractivity contribution in [1.29, 1.82) is 0 Å². The van der Waals surface area contributed by atoms with Crippen LogP contribution in [0.15, 0.2) is 6.07 Å². The number of hydrogen-bond acceptors (Lipinski definition) is 4. The fourth-order valence-corrected chi connectivity index (χ4v) is 6.83. The predicted molar refractivity (Wildman–Crippen MR) is 165 cm³/mol. The van der Waals surface area contributed by atoms with Gasteiger partial charge in [-0.3, -0.25) is 9.59 Å². The average molecular weight is 564 g/mol. The highest BCUT2D eigenvalue weighted by molar-refractivity contribution is 7.13. The van der Waals surface area contributed by atoms with Gasteiger partial charge in [-0.25, -0.2) is 0 Å². The van der Waals surface area contributed by atoms with Crippen LogP contribution in [-0.2, 0) is 26.4 Å². The SMILES string of the molecule is CCC(C)C(C)C(C)(c1cc(CNC(=O)CC2CCCC2)c(C)[nH]1)C(C)CC.O=C(CC1CCCC1)ONP. The second-order valence-electron chi connectivity index (χ2n) is 12.7. The Labute approximate surface area is 241 Å². The summed E-state index contributed by atoms with van der Waals surface area (Å²) >= 11 is 0. The van der Waals surface area contributed by atoms with Crippen molar-refractivity contribution in [2.24, 2.45) is 29.6 Å². The van der Waals surface area contributed by atoms with E-state index >= 15 is 0 Å². The van der Waals surface area contributed by atoms with Gasteiger partial charge in [0, 0.05) is 29.8 Å². The van der Waals surface area contributed by atoms with E-state index in [0.717, 1.165) is 0 Å². The number of aryl methyl sites for hydroxylation is 1. The Morgan fingerprint density at radius 1 is 1.03 bits per heavy atom.